The molecule has 0 radical (unpaired) electrons. The summed E-state index contributed by atoms with van der Waals surface area (Å²) in [5, 5.41) is 3.59. The standard InChI is InChI=1S/C14H23N/c1-6-12(4)15-13(5)14-8-7-10(2)11(3)9-14/h7-9,12-13,15H,6H2,1-5H3/t12-,13-/m1/s1. The largest absolute Gasteiger partial charge is 0.308 e. The van der Waals surface area contributed by atoms with Crippen molar-refractivity contribution in [1.29, 1.82) is 0 Å². The molecule has 0 fully saturated rings. The van der Waals surface area contributed by atoms with Crippen molar-refractivity contribution in [3.05, 3.63) is 34.9 Å². The van der Waals surface area contributed by atoms with E-state index in [-0.39, 0.29) is 0 Å². The first-order valence-corrected chi connectivity index (χ1v) is 5.87. The molecule has 0 aromatic heterocycles. The van der Waals surface area contributed by atoms with Gasteiger partial charge in [-0.15, -0.1) is 0 Å². The van der Waals surface area contributed by atoms with Crippen molar-refractivity contribution in [3.8, 4) is 0 Å². The van der Waals surface area contributed by atoms with Crippen molar-refractivity contribution in [2.24, 2.45) is 0 Å². The van der Waals surface area contributed by atoms with Crippen molar-refractivity contribution in [2.45, 2.75) is 53.1 Å². The highest BCUT2D eigenvalue weighted by atomic mass is 14.9. The van der Waals surface area contributed by atoms with Crippen LogP contribution in [-0.2, 0) is 0 Å². The lowest BCUT2D eigenvalue weighted by Gasteiger charge is -2.20. The monoisotopic (exact) mass is 205 g/mol. The highest BCUT2D eigenvalue weighted by Crippen LogP contribution is 2.17. The second kappa shape index (κ2) is 5.32. The second-order valence-electron chi connectivity index (χ2n) is 4.54. The lowest BCUT2D eigenvalue weighted by Crippen LogP contribution is -2.28. The van der Waals surface area contributed by atoms with E-state index in [0.717, 1.165) is 0 Å². The fourth-order valence-corrected chi connectivity index (χ4v) is 1.67. The van der Waals surface area contributed by atoms with Gasteiger partial charge in [-0.05, 0) is 50.8 Å². The molecule has 0 amide bonds. The Hall–Kier alpha value is -0.820. The molecular weight excluding hydrogens is 182 g/mol. The fraction of sp³-hybridized carbons (Fsp3) is 0.571. The Morgan fingerprint density at radius 3 is 2.33 bits per heavy atom. The zero-order valence-corrected chi connectivity index (χ0v) is 10.6. The summed E-state index contributed by atoms with van der Waals surface area (Å²) in [5.41, 5.74) is 4.14. The Morgan fingerprint density at radius 2 is 1.80 bits per heavy atom. The molecule has 0 heterocycles. The Balaban J connectivity index is 2.73. The Bertz CT molecular complexity index is 317. The first-order chi connectivity index (χ1) is 7.04. The van der Waals surface area contributed by atoms with Gasteiger partial charge in [0, 0.05) is 12.1 Å². The summed E-state index contributed by atoms with van der Waals surface area (Å²) >= 11 is 0. The Kier molecular flexibility index (Phi) is 4.34. The molecule has 0 aliphatic carbocycles. The highest BCUT2D eigenvalue weighted by Gasteiger charge is 2.08. The number of benzene rings is 1. The van der Waals surface area contributed by atoms with Gasteiger partial charge in [-0.25, -0.2) is 0 Å². The zero-order valence-electron chi connectivity index (χ0n) is 10.6. The minimum absolute atomic E-state index is 0.444. The van der Waals surface area contributed by atoms with E-state index in [9.17, 15) is 0 Å². The molecule has 1 heteroatoms. The third-order valence-corrected chi connectivity index (χ3v) is 3.18. The Morgan fingerprint density at radius 1 is 1.13 bits per heavy atom. The summed E-state index contributed by atoms with van der Waals surface area (Å²) in [7, 11) is 0. The maximum Gasteiger partial charge on any atom is 0.0294 e. The van der Waals surface area contributed by atoms with Gasteiger partial charge in [0.25, 0.3) is 0 Å². The van der Waals surface area contributed by atoms with Crippen molar-refractivity contribution in [1.82, 2.24) is 5.32 Å². The molecule has 0 unspecified atom stereocenters. The summed E-state index contributed by atoms with van der Waals surface area (Å²) < 4.78 is 0. The third kappa shape index (κ3) is 3.35. The van der Waals surface area contributed by atoms with Gasteiger partial charge in [0.2, 0.25) is 0 Å². The summed E-state index contributed by atoms with van der Waals surface area (Å²) in [4.78, 5) is 0. The van der Waals surface area contributed by atoms with E-state index in [0.29, 0.717) is 12.1 Å². The van der Waals surface area contributed by atoms with Gasteiger partial charge in [-0.3, -0.25) is 0 Å². The van der Waals surface area contributed by atoms with E-state index in [1.807, 2.05) is 0 Å². The average molecular weight is 205 g/mol. The predicted molar refractivity (Wildman–Crippen MR) is 67.2 cm³/mol. The van der Waals surface area contributed by atoms with Crippen LogP contribution in [0.5, 0.6) is 0 Å². The van der Waals surface area contributed by atoms with Gasteiger partial charge in [-0.2, -0.15) is 0 Å². The maximum atomic E-state index is 3.59. The van der Waals surface area contributed by atoms with Crippen LogP contribution in [-0.4, -0.2) is 6.04 Å². The SMILES string of the molecule is CC[C@@H](C)N[C@H](C)c1ccc(C)c(C)c1. The van der Waals surface area contributed by atoms with E-state index < -0.39 is 0 Å². The molecule has 0 saturated carbocycles. The first-order valence-electron chi connectivity index (χ1n) is 5.87. The van der Waals surface area contributed by atoms with E-state index in [1.54, 1.807) is 0 Å². The third-order valence-electron chi connectivity index (χ3n) is 3.18. The predicted octanol–water partition coefficient (Wildman–Crippen LogP) is 3.75. The van der Waals surface area contributed by atoms with E-state index in [2.05, 4.69) is 58.1 Å². The van der Waals surface area contributed by atoms with Gasteiger partial charge in [-0.1, -0.05) is 25.1 Å². The molecule has 1 N–H and O–H groups in total. The summed E-state index contributed by atoms with van der Waals surface area (Å²) in [6.45, 7) is 11.0. The van der Waals surface area contributed by atoms with Gasteiger partial charge in [0.05, 0.1) is 0 Å². The molecule has 84 valence electrons. The molecule has 1 rings (SSSR count). The summed E-state index contributed by atoms with van der Waals surface area (Å²) in [6.07, 6.45) is 1.18. The van der Waals surface area contributed by atoms with Crippen LogP contribution in [0.4, 0.5) is 0 Å². The van der Waals surface area contributed by atoms with Crippen LogP contribution in [0.15, 0.2) is 18.2 Å². The zero-order chi connectivity index (χ0) is 11.4. The molecule has 0 bridgehead atoms. The van der Waals surface area contributed by atoms with Crippen LogP contribution in [0.3, 0.4) is 0 Å². The minimum Gasteiger partial charge on any atom is -0.308 e. The van der Waals surface area contributed by atoms with E-state index >= 15 is 0 Å². The number of nitrogens with one attached hydrogen (secondary N) is 1. The minimum atomic E-state index is 0.444. The molecule has 15 heavy (non-hydrogen) atoms. The molecule has 0 aliphatic heterocycles. The van der Waals surface area contributed by atoms with E-state index in [1.165, 1.54) is 23.1 Å². The number of hydrogen-bond donors (Lipinski definition) is 1. The van der Waals surface area contributed by atoms with Crippen LogP contribution >= 0.6 is 0 Å². The Labute approximate surface area is 93.9 Å². The van der Waals surface area contributed by atoms with Gasteiger partial charge >= 0.3 is 0 Å². The molecule has 1 aromatic rings. The quantitative estimate of drug-likeness (QED) is 0.789. The first kappa shape index (κ1) is 12.3. The van der Waals surface area contributed by atoms with Crippen LogP contribution < -0.4 is 5.32 Å². The van der Waals surface area contributed by atoms with Crippen molar-refractivity contribution in [3.63, 3.8) is 0 Å². The van der Waals surface area contributed by atoms with Crippen LogP contribution in [0.1, 0.15) is 49.9 Å². The molecule has 0 saturated heterocycles. The lowest BCUT2D eigenvalue weighted by molar-refractivity contribution is 0.469. The summed E-state index contributed by atoms with van der Waals surface area (Å²) in [6, 6.07) is 7.75. The number of aryl methyl sites for hydroxylation is 2. The number of rotatable bonds is 4. The molecule has 1 nitrogen and oxygen atoms in total. The molecule has 0 spiro atoms. The maximum absolute atomic E-state index is 3.59. The smallest absolute Gasteiger partial charge is 0.0294 e. The van der Waals surface area contributed by atoms with Gasteiger partial charge in [0.15, 0.2) is 0 Å². The lowest BCUT2D eigenvalue weighted by atomic mass is 10.0. The fourth-order valence-electron chi connectivity index (χ4n) is 1.67. The van der Waals surface area contributed by atoms with Gasteiger partial charge in [0.1, 0.15) is 0 Å². The molecular formula is C14H23N. The van der Waals surface area contributed by atoms with Crippen molar-refractivity contribution >= 4 is 0 Å². The normalized spacial score (nSPS) is 15.0. The van der Waals surface area contributed by atoms with Crippen LogP contribution in [0, 0.1) is 13.8 Å². The number of hydrogen-bond acceptors (Lipinski definition) is 1. The second-order valence-corrected chi connectivity index (χ2v) is 4.54. The highest BCUT2D eigenvalue weighted by molar-refractivity contribution is 5.31. The summed E-state index contributed by atoms with van der Waals surface area (Å²) in [5.74, 6) is 0. The van der Waals surface area contributed by atoms with E-state index in [4.69, 9.17) is 0 Å². The molecule has 0 aliphatic rings. The molecule has 2 atom stereocenters. The topological polar surface area (TPSA) is 12.0 Å². The van der Waals surface area contributed by atoms with Crippen LogP contribution in [0.25, 0.3) is 0 Å². The van der Waals surface area contributed by atoms with Crippen LogP contribution in [0.2, 0.25) is 0 Å². The van der Waals surface area contributed by atoms with Crippen molar-refractivity contribution < 1.29 is 0 Å². The van der Waals surface area contributed by atoms with Gasteiger partial charge < -0.3 is 5.32 Å². The van der Waals surface area contributed by atoms with Crippen molar-refractivity contribution in [2.75, 3.05) is 0 Å². The average Bonchev–Trinajstić information content (AvgIpc) is 2.21. The molecule has 1 aromatic carbocycles.